The largest absolute Gasteiger partial charge is 0.497 e. The number of rotatable bonds is 7. The fourth-order valence-corrected chi connectivity index (χ4v) is 3.49. The van der Waals surface area contributed by atoms with Gasteiger partial charge >= 0.3 is 0 Å². The normalized spacial score (nSPS) is 13.7. The maximum Gasteiger partial charge on any atom is 0.278 e. The second kappa shape index (κ2) is 9.01. The first kappa shape index (κ1) is 21.2. The quantitative estimate of drug-likeness (QED) is 0.560. The van der Waals surface area contributed by atoms with Crippen LogP contribution in [0, 0.1) is 11.6 Å². The van der Waals surface area contributed by atoms with Crippen LogP contribution in [0.4, 0.5) is 14.5 Å². The molecule has 1 aliphatic heterocycles. The first-order valence-corrected chi connectivity index (χ1v) is 9.98. The number of hydrogen-bond donors (Lipinski definition) is 1. The lowest BCUT2D eigenvalue weighted by Crippen LogP contribution is -2.34. The second-order valence-corrected chi connectivity index (χ2v) is 7.25. The van der Waals surface area contributed by atoms with E-state index in [0.717, 1.165) is 10.5 Å². The first-order chi connectivity index (χ1) is 15.5. The Bertz CT molecular complexity index is 1170. The van der Waals surface area contributed by atoms with E-state index in [1.165, 1.54) is 36.4 Å². The van der Waals surface area contributed by atoms with Crippen molar-refractivity contribution in [1.82, 2.24) is 4.90 Å². The molecule has 0 aliphatic carbocycles. The monoisotopic (exact) mass is 434 g/mol. The van der Waals surface area contributed by atoms with Crippen molar-refractivity contribution < 1.29 is 23.1 Å². The Kier molecular flexibility index (Phi) is 5.98. The lowest BCUT2D eigenvalue weighted by Gasteiger charge is -2.15. The number of halogens is 2. The van der Waals surface area contributed by atoms with E-state index < -0.39 is 17.6 Å². The number of carbonyl (C=O) groups is 2. The summed E-state index contributed by atoms with van der Waals surface area (Å²) in [6.07, 6.45) is 0.379. The van der Waals surface area contributed by atoms with E-state index in [0.29, 0.717) is 23.4 Å². The first-order valence-electron chi connectivity index (χ1n) is 9.98. The summed E-state index contributed by atoms with van der Waals surface area (Å²) in [6, 6.07) is 18.2. The summed E-state index contributed by atoms with van der Waals surface area (Å²) in [5.41, 5.74) is 2.12. The number of amides is 2. The van der Waals surface area contributed by atoms with Gasteiger partial charge in [-0.2, -0.15) is 0 Å². The molecule has 0 unspecified atom stereocenters. The molecular formula is C25H20F2N2O3. The summed E-state index contributed by atoms with van der Waals surface area (Å²) in [5.74, 6) is -1.10. The van der Waals surface area contributed by atoms with Crippen LogP contribution in [0.25, 0.3) is 5.57 Å². The summed E-state index contributed by atoms with van der Waals surface area (Å²) in [6.45, 7) is 0.127. The highest BCUT2D eigenvalue weighted by molar-refractivity contribution is 6.36. The molecule has 162 valence electrons. The van der Waals surface area contributed by atoms with Crippen LogP contribution in [0.3, 0.4) is 0 Å². The predicted molar refractivity (Wildman–Crippen MR) is 117 cm³/mol. The number of anilines is 1. The summed E-state index contributed by atoms with van der Waals surface area (Å²) in [4.78, 5) is 27.6. The molecule has 2 amide bonds. The molecule has 0 spiro atoms. The molecule has 3 aromatic carbocycles. The van der Waals surface area contributed by atoms with Crippen LogP contribution < -0.4 is 10.1 Å². The zero-order chi connectivity index (χ0) is 22.7. The summed E-state index contributed by atoms with van der Waals surface area (Å²) in [5, 5.41) is 3.04. The molecule has 7 heteroatoms. The molecular weight excluding hydrogens is 414 g/mol. The number of nitrogens with zero attached hydrogens (tertiary/aromatic N) is 1. The van der Waals surface area contributed by atoms with Crippen molar-refractivity contribution in [1.29, 1.82) is 0 Å². The maximum atomic E-state index is 13.4. The molecule has 0 radical (unpaired) electrons. The fourth-order valence-electron chi connectivity index (χ4n) is 3.49. The third kappa shape index (κ3) is 4.37. The summed E-state index contributed by atoms with van der Waals surface area (Å²) >= 11 is 0. The van der Waals surface area contributed by atoms with Gasteiger partial charge in [0.05, 0.1) is 12.7 Å². The van der Waals surface area contributed by atoms with E-state index in [9.17, 15) is 18.4 Å². The third-order valence-corrected chi connectivity index (χ3v) is 5.20. The van der Waals surface area contributed by atoms with E-state index in [1.54, 1.807) is 43.5 Å². The van der Waals surface area contributed by atoms with E-state index in [-0.39, 0.29) is 23.6 Å². The minimum absolute atomic E-state index is 0.117. The highest BCUT2D eigenvalue weighted by atomic mass is 19.1. The topological polar surface area (TPSA) is 58.6 Å². The SMILES string of the molecule is COc1ccc(NC2=C(c3ccc(F)cc3)C(=O)N(CCc3ccc(F)cc3)C2=O)cc1. The van der Waals surface area contributed by atoms with E-state index in [2.05, 4.69) is 5.32 Å². The highest BCUT2D eigenvalue weighted by Crippen LogP contribution is 2.31. The molecule has 32 heavy (non-hydrogen) atoms. The Labute approximate surface area is 183 Å². The van der Waals surface area contributed by atoms with Gasteiger partial charge in [0.1, 0.15) is 23.1 Å². The predicted octanol–water partition coefficient (Wildman–Crippen LogP) is 4.41. The van der Waals surface area contributed by atoms with Gasteiger partial charge in [-0.3, -0.25) is 14.5 Å². The van der Waals surface area contributed by atoms with Gasteiger partial charge in [-0.15, -0.1) is 0 Å². The highest BCUT2D eigenvalue weighted by Gasteiger charge is 2.38. The number of nitrogens with one attached hydrogen (secondary N) is 1. The van der Waals surface area contributed by atoms with E-state index in [4.69, 9.17) is 4.74 Å². The number of ether oxygens (including phenoxy) is 1. The van der Waals surface area contributed by atoms with Gasteiger partial charge in [-0.05, 0) is 66.1 Å². The molecule has 0 bridgehead atoms. The van der Waals surface area contributed by atoms with Crippen LogP contribution in [0.2, 0.25) is 0 Å². The van der Waals surface area contributed by atoms with Crippen molar-refractivity contribution in [2.24, 2.45) is 0 Å². The Morgan fingerprint density at radius 1 is 0.812 bits per heavy atom. The second-order valence-electron chi connectivity index (χ2n) is 7.25. The summed E-state index contributed by atoms with van der Waals surface area (Å²) < 4.78 is 31.8. The molecule has 0 fully saturated rings. The summed E-state index contributed by atoms with van der Waals surface area (Å²) in [7, 11) is 1.55. The molecule has 1 heterocycles. The lowest BCUT2D eigenvalue weighted by atomic mass is 10.0. The number of carbonyl (C=O) groups excluding carboxylic acids is 2. The van der Waals surface area contributed by atoms with Crippen LogP contribution in [-0.4, -0.2) is 30.4 Å². The zero-order valence-corrected chi connectivity index (χ0v) is 17.3. The van der Waals surface area contributed by atoms with E-state index in [1.807, 2.05) is 0 Å². The standard InChI is InChI=1S/C25H20F2N2O3/c1-32-21-12-10-20(11-13-21)28-23-22(17-4-8-19(27)9-5-17)24(30)29(25(23)31)15-14-16-2-6-18(26)7-3-16/h2-13,28H,14-15H2,1H3. The number of methoxy groups -OCH3 is 1. The van der Waals surface area contributed by atoms with Gasteiger partial charge in [0, 0.05) is 12.2 Å². The van der Waals surface area contributed by atoms with E-state index >= 15 is 0 Å². The Morgan fingerprint density at radius 3 is 2.00 bits per heavy atom. The van der Waals surface area contributed by atoms with Crippen molar-refractivity contribution in [3.05, 3.63) is 101 Å². The number of hydrogen-bond acceptors (Lipinski definition) is 4. The van der Waals surface area contributed by atoms with Crippen LogP contribution in [-0.2, 0) is 16.0 Å². The Hall–Kier alpha value is -4.00. The maximum absolute atomic E-state index is 13.4. The fraction of sp³-hybridized carbons (Fsp3) is 0.120. The average molecular weight is 434 g/mol. The van der Waals surface area contributed by atoms with Crippen molar-refractivity contribution in [2.75, 3.05) is 19.0 Å². The molecule has 1 aliphatic rings. The zero-order valence-electron chi connectivity index (χ0n) is 17.3. The van der Waals surface area contributed by atoms with Crippen molar-refractivity contribution >= 4 is 23.1 Å². The van der Waals surface area contributed by atoms with Gasteiger partial charge in [-0.25, -0.2) is 8.78 Å². The van der Waals surface area contributed by atoms with Gasteiger partial charge in [0.2, 0.25) is 0 Å². The van der Waals surface area contributed by atoms with Crippen LogP contribution >= 0.6 is 0 Å². The number of imide groups is 1. The average Bonchev–Trinajstić information content (AvgIpc) is 3.03. The Balaban J connectivity index is 1.64. The van der Waals surface area contributed by atoms with Gasteiger partial charge in [-0.1, -0.05) is 24.3 Å². The van der Waals surface area contributed by atoms with Crippen LogP contribution in [0.1, 0.15) is 11.1 Å². The Morgan fingerprint density at radius 2 is 1.41 bits per heavy atom. The van der Waals surface area contributed by atoms with Crippen LogP contribution in [0.15, 0.2) is 78.5 Å². The lowest BCUT2D eigenvalue weighted by molar-refractivity contribution is -0.136. The molecule has 0 saturated carbocycles. The molecule has 5 nitrogen and oxygen atoms in total. The minimum Gasteiger partial charge on any atom is -0.497 e. The number of benzene rings is 3. The minimum atomic E-state index is -0.479. The molecule has 0 atom stereocenters. The molecule has 3 aromatic rings. The van der Waals surface area contributed by atoms with Gasteiger partial charge < -0.3 is 10.1 Å². The third-order valence-electron chi connectivity index (χ3n) is 5.20. The molecule has 4 rings (SSSR count). The molecule has 1 N–H and O–H groups in total. The molecule has 0 saturated heterocycles. The van der Waals surface area contributed by atoms with Crippen molar-refractivity contribution in [3.8, 4) is 5.75 Å². The van der Waals surface area contributed by atoms with Gasteiger partial charge in [0.25, 0.3) is 11.8 Å². The van der Waals surface area contributed by atoms with Gasteiger partial charge in [0.15, 0.2) is 0 Å². The van der Waals surface area contributed by atoms with Crippen molar-refractivity contribution in [3.63, 3.8) is 0 Å². The van der Waals surface area contributed by atoms with Crippen molar-refractivity contribution in [2.45, 2.75) is 6.42 Å². The van der Waals surface area contributed by atoms with Crippen LogP contribution in [0.5, 0.6) is 5.75 Å². The smallest absolute Gasteiger partial charge is 0.278 e. The molecule has 0 aromatic heterocycles.